The van der Waals surface area contributed by atoms with Gasteiger partial charge in [0.1, 0.15) is 0 Å². The number of fused-ring (bicyclic) bond motifs is 3. The Labute approximate surface area is 104 Å². The van der Waals surface area contributed by atoms with Crippen LogP contribution in [0.3, 0.4) is 0 Å². The van der Waals surface area contributed by atoms with E-state index >= 15 is 0 Å². The molecule has 0 aliphatic heterocycles. The maximum Gasteiger partial charge on any atom is 0.356 e. The van der Waals surface area contributed by atoms with Gasteiger partial charge in [0.15, 0.2) is 0 Å². The van der Waals surface area contributed by atoms with Crippen LogP contribution in [-0.2, 0) is 4.57 Å². The van der Waals surface area contributed by atoms with E-state index in [1.165, 1.54) is 6.07 Å². The van der Waals surface area contributed by atoms with Gasteiger partial charge < -0.3 is 9.79 Å². The van der Waals surface area contributed by atoms with Crippen molar-refractivity contribution >= 4 is 34.4 Å². The molecule has 0 saturated carbocycles. The van der Waals surface area contributed by atoms with Crippen molar-refractivity contribution in [1.29, 1.82) is 0 Å². The maximum absolute atomic E-state index is 11.2. The predicted molar refractivity (Wildman–Crippen MR) is 73.1 cm³/mol. The minimum absolute atomic E-state index is 0.0604. The third-order valence-corrected chi connectivity index (χ3v) is 4.02. The highest BCUT2D eigenvalue weighted by atomic mass is 31.2. The summed E-state index contributed by atoms with van der Waals surface area (Å²) in [6.45, 7) is 0. The fourth-order valence-electron chi connectivity index (χ4n) is 2.18. The zero-order valence-corrected chi connectivity index (χ0v) is 10.3. The first-order valence-electron chi connectivity index (χ1n) is 5.53. The minimum Gasteiger partial charge on any atom is -0.321 e. The summed E-state index contributed by atoms with van der Waals surface area (Å²) < 4.78 is 11.2. The Balaban J connectivity index is 2.38. The summed E-state index contributed by atoms with van der Waals surface area (Å²) in [5, 5.41) is 4.12. The van der Waals surface area contributed by atoms with Crippen molar-refractivity contribution in [2.75, 3.05) is 0 Å². The van der Waals surface area contributed by atoms with E-state index in [0.29, 0.717) is 0 Å². The van der Waals surface area contributed by atoms with Crippen LogP contribution in [0.5, 0.6) is 0 Å². The van der Waals surface area contributed by atoms with Gasteiger partial charge in [0.2, 0.25) is 0 Å². The van der Waals surface area contributed by atoms with Crippen molar-refractivity contribution in [2.45, 2.75) is 0 Å². The first kappa shape index (κ1) is 11.4. The van der Waals surface area contributed by atoms with Crippen LogP contribution >= 0.6 is 7.60 Å². The van der Waals surface area contributed by atoms with Gasteiger partial charge in [-0.15, -0.1) is 0 Å². The number of benzene rings is 3. The van der Waals surface area contributed by atoms with E-state index in [1.54, 1.807) is 12.1 Å². The second-order valence-electron chi connectivity index (χ2n) is 4.24. The van der Waals surface area contributed by atoms with Crippen LogP contribution in [0.1, 0.15) is 0 Å². The zero-order chi connectivity index (χ0) is 12.8. The lowest BCUT2D eigenvalue weighted by Crippen LogP contribution is -2.02. The largest absolute Gasteiger partial charge is 0.356 e. The smallest absolute Gasteiger partial charge is 0.321 e. The Kier molecular flexibility index (Phi) is 2.49. The summed E-state index contributed by atoms with van der Waals surface area (Å²) in [6, 6.07) is 16.6. The molecule has 0 unspecified atom stereocenters. The normalized spacial score (nSPS) is 12.1. The van der Waals surface area contributed by atoms with Crippen molar-refractivity contribution < 1.29 is 14.4 Å². The molecule has 0 spiro atoms. The molecule has 0 atom stereocenters. The predicted octanol–water partition coefficient (Wildman–Crippen LogP) is 2.80. The molecule has 0 amide bonds. The molecule has 0 heterocycles. The molecule has 3 rings (SSSR count). The summed E-state index contributed by atoms with van der Waals surface area (Å²) in [4.78, 5) is 18.3. The van der Waals surface area contributed by atoms with Crippen LogP contribution in [0.4, 0.5) is 0 Å². The maximum atomic E-state index is 11.2. The molecule has 0 aliphatic carbocycles. The lowest BCUT2D eigenvalue weighted by Gasteiger charge is -2.07. The number of hydrogen-bond acceptors (Lipinski definition) is 1. The lowest BCUT2D eigenvalue weighted by molar-refractivity contribution is 0.387. The topological polar surface area (TPSA) is 57.5 Å². The van der Waals surface area contributed by atoms with Gasteiger partial charge in [-0.1, -0.05) is 42.5 Å². The van der Waals surface area contributed by atoms with Crippen molar-refractivity contribution in [3.05, 3.63) is 54.6 Å². The third kappa shape index (κ3) is 1.83. The van der Waals surface area contributed by atoms with Crippen LogP contribution < -0.4 is 5.30 Å². The monoisotopic (exact) mass is 258 g/mol. The molecule has 0 fully saturated rings. The highest BCUT2D eigenvalue weighted by Gasteiger charge is 2.17. The average molecular weight is 258 g/mol. The fraction of sp³-hybridized carbons (Fsp3) is 0. The van der Waals surface area contributed by atoms with E-state index in [-0.39, 0.29) is 5.30 Å². The van der Waals surface area contributed by atoms with Gasteiger partial charge in [-0.25, -0.2) is 0 Å². The molecule has 3 nitrogen and oxygen atoms in total. The molecule has 0 bridgehead atoms. The van der Waals surface area contributed by atoms with Gasteiger partial charge in [-0.05, 0) is 33.7 Å². The lowest BCUT2D eigenvalue weighted by atomic mass is 10.0. The minimum atomic E-state index is -4.18. The van der Waals surface area contributed by atoms with Crippen molar-refractivity contribution in [1.82, 2.24) is 0 Å². The molecule has 2 N–H and O–H groups in total. The SMILES string of the molecule is O=P(O)(O)c1ccc2c(ccc3ccccc32)c1. The summed E-state index contributed by atoms with van der Waals surface area (Å²) in [7, 11) is -4.18. The molecule has 90 valence electrons. The standard InChI is InChI=1S/C14H11O3P/c15-18(16,17)12-7-8-14-11(9-12)6-5-10-3-1-2-4-13(10)14/h1-9H,(H2,15,16,17). The first-order chi connectivity index (χ1) is 8.55. The van der Waals surface area contributed by atoms with Crippen LogP contribution in [0.15, 0.2) is 54.6 Å². The van der Waals surface area contributed by atoms with Crippen LogP contribution in [0.2, 0.25) is 0 Å². The first-order valence-corrected chi connectivity index (χ1v) is 7.14. The molecule has 0 radical (unpaired) electrons. The van der Waals surface area contributed by atoms with E-state index in [2.05, 4.69) is 0 Å². The Morgan fingerprint density at radius 2 is 1.44 bits per heavy atom. The number of hydrogen-bond donors (Lipinski definition) is 2. The second-order valence-corrected chi connectivity index (χ2v) is 5.84. The van der Waals surface area contributed by atoms with Gasteiger partial charge in [0, 0.05) is 0 Å². The highest BCUT2D eigenvalue weighted by molar-refractivity contribution is 7.60. The van der Waals surface area contributed by atoms with E-state index in [4.69, 9.17) is 0 Å². The zero-order valence-electron chi connectivity index (χ0n) is 9.45. The van der Waals surface area contributed by atoms with E-state index in [1.807, 2.05) is 36.4 Å². The van der Waals surface area contributed by atoms with Gasteiger partial charge >= 0.3 is 7.60 Å². The molecule has 3 aromatic rings. The molecular weight excluding hydrogens is 247 g/mol. The van der Waals surface area contributed by atoms with Gasteiger partial charge in [0.05, 0.1) is 5.30 Å². The number of rotatable bonds is 1. The molecule has 0 saturated heterocycles. The van der Waals surface area contributed by atoms with Crippen LogP contribution in [0, 0.1) is 0 Å². The summed E-state index contributed by atoms with van der Waals surface area (Å²) in [6.07, 6.45) is 0. The molecular formula is C14H11O3P. The summed E-state index contributed by atoms with van der Waals surface area (Å²) >= 11 is 0. The van der Waals surface area contributed by atoms with Gasteiger partial charge in [-0.3, -0.25) is 4.57 Å². The van der Waals surface area contributed by atoms with Crippen LogP contribution in [0.25, 0.3) is 21.5 Å². The second kappa shape index (κ2) is 3.92. The summed E-state index contributed by atoms with van der Waals surface area (Å²) in [5.74, 6) is 0. The molecule has 0 aliphatic rings. The van der Waals surface area contributed by atoms with Gasteiger partial charge in [0.25, 0.3) is 0 Å². The van der Waals surface area contributed by atoms with Crippen molar-refractivity contribution in [2.24, 2.45) is 0 Å². The summed E-state index contributed by atoms with van der Waals surface area (Å²) in [5.41, 5.74) is 0. The Morgan fingerprint density at radius 1 is 0.778 bits per heavy atom. The Bertz CT molecular complexity index is 789. The highest BCUT2D eigenvalue weighted by Crippen LogP contribution is 2.35. The van der Waals surface area contributed by atoms with E-state index < -0.39 is 7.60 Å². The molecule has 18 heavy (non-hydrogen) atoms. The quantitative estimate of drug-likeness (QED) is 0.521. The molecule has 0 aromatic heterocycles. The van der Waals surface area contributed by atoms with Crippen molar-refractivity contribution in [3.8, 4) is 0 Å². The molecule has 4 heteroatoms. The van der Waals surface area contributed by atoms with Crippen molar-refractivity contribution in [3.63, 3.8) is 0 Å². The fourth-order valence-corrected chi connectivity index (χ4v) is 2.76. The van der Waals surface area contributed by atoms with E-state index in [0.717, 1.165) is 21.5 Å². The van der Waals surface area contributed by atoms with Gasteiger partial charge in [-0.2, -0.15) is 0 Å². The Hall–Kier alpha value is -1.67. The average Bonchev–Trinajstić information content (AvgIpc) is 2.37. The third-order valence-electron chi connectivity index (χ3n) is 3.06. The Morgan fingerprint density at radius 3 is 2.22 bits per heavy atom. The van der Waals surface area contributed by atoms with Crippen LogP contribution in [-0.4, -0.2) is 9.79 Å². The molecule has 3 aromatic carbocycles. The van der Waals surface area contributed by atoms with E-state index in [9.17, 15) is 14.4 Å².